The molecule has 2 radical (unpaired) electrons. The first-order valence-corrected chi connectivity index (χ1v) is 14.0. The minimum absolute atomic E-state index is 0.608. The first-order chi connectivity index (χ1) is 12.6. The van der Waals surface area contributed by atoms with Gasteiger partial charge in [-0.25, -0.2) is 0 Å². The molecule has 1 heterocycles. The summed E-state index contributed by atoms with van der Waals surface area (Å²) in [7, 11) is 1.75. The average molecular weight is 480 g/mol. The number of fused-ring (bicyclic) bond motifs is 1. The molecule has 1 aromatic carbocycles. The molecule has 0 saturated carbocycles. The van der Waals surface area contributed by atoms with Crippen LogP contribution in [0.2, 0.25) is 3.43 Å². The van der Waals surface area contributed by atoms with Gasteiger partial charge in [0.1, 0.15) is 0 Å². The van der Waals surface area contributed by atoms with E-state index in [-0.39, 0.29) is 0 Å². The van der Waals surface area contributed by atoms with Crippen LogP contribution in [0.5, 0.6) is 5.75 Å². The molecule has 26 heavy (non-hydrogen) atoms. The van der Waals surface area contributed by atoms with Gasteiger partial charge in [-0.3, -0.25) is 0 Å². The Morgan fingerprint density at radius 2 is 1.58 bits per heavy atom. The van der Waals surface area contributed by atoms with Gasteiger partial charge in [-0.2, -0.15) is 0 Å². The number of hydrogen-bond acceptors (Lipinski definition) is 3. The van der Waals surface area contributed by atoms with Gasteiger partial charge < -0.3 is 0 Å². The van der Waals surface area contributed by atoms with Gasteiger partial charge in [-0.15, -0.1) is 0 Å². The van der Waals surface area contributed by atoms with Crippen molar-refractivity contribution in [1.29, 1.82) is 0 Å². The molecule has 0 unspecified atom stereocenters. The van der Waals surface area contributed by atoms with Crippen molar-refractivity contribution >= 4 is 45.7 Å². The van der Waals surface area contributed by atoms with Gasteiger partial charge in [0, 0.05) is 0 Å². The van der Waals surface area contributed by atoms with Crippen molar-refractivity contribution in [2.75, 3.05) is 7.11 Å². The zero-order chi connectivity index (χ0) is 19.0. The fraction of sp³-hybridized carbons (Fsp3) is 0.682. The van der Waals surface area contributed by atoms with Crippen molar-refractivity contribution in [2.45, 2.75) is 88.9 Å². The summed E-state index contributed by atoms with van der Waals surface area (Å²) in [5, 5.41) is 0. The summed E-state index contributed by atoms with van der Waals surface area (Å²) in [6.07, 6.45) is 12.4. The molecule has 0 atom stereocenters. The molecule has 2 aromatic rings. The summed E-state index contributed by atoms with van der Waals surface area (Å²) in [6.45, 7) is 9.17. The number of aryl methyl sites for hydroxylation is 1. The Hall–Kier alpha value is -0.291. The van der Waals surface area contributed by atoms with E-state index in [1.165, 1.54) is 76.6 Å². The van der Waals surface area contributed by atoms with Crippen molar-refractivity contribution < 1.29 is 4.74 Å². The Labute approximate surface area is 174 Å². The molecule has 0 aliphatic carbocycles. The molecule has 0 saturated heterocycles. The fourth-order valence-electron chi connectivity index (χ4n) is 3.67. The van der Waals surface area contributed by atoms with E-state index in [9.17, 15) is 0 Å². The van der Waals surface area contributed by atoms with Crippen LogP contribution in [0.1, 0.15) is 84.1 Å². The van der Waals surface area contributed by atoms with Crippen LogP contribution in [0.15, 0.2) is 12.1 Å². The summed E-state index contributed by atoms with van der Waals surface area (Å²) < 4.78 is 8.88. The molecule has 4 heteroatoms. The third-order valence-electron chi connectivity index (χ3n) is 5.29. The Morgan fingerprint density at radius 3 is 2.08 bits per heavy atom. The number of hydrogen-bond donors (Lipinski definition) is 0. The molecular weight excluding hydrogens is 445 g/mol. The quantitative estimate of drug-likeness (QED) is 0.317. The Morgan fingerprint density at radius 1 is 1.00 bits per heavy atom. The first-order valence-electron chi connectivity index (χ1n) is 10.3. The Bertz CT molecular complexity index is 660. The second kappa shape index (κ2) is 10.9. The second-order valence-corrected chi connectivity index (χ2v) is 14.7. The van der Waals surface area contributed by atoms with Crippen LogP contribution in [0.3, 0.4) is 0 Å². The van der Waals surface area contributed by atoms with E-state index in [4.69, 9.17) is 9.72 Å². The molecule has 0 fully saturated rings. The van der Waals surface area contributed by atoms with E-state index in [1.807, 2.05) is 11.3 Å². The van der Waals surface area contributed by atoms with Gasteiger partial charge in [0.05, 0.1) is 0 Å². The van der Waals surface area contributed by atoms with Crippen molar-refractivity contribution in [3.05, 3.63) is 17.7 Å². The van der Waals surface area contributed by atoms with Crippen molar-refractivity contribution in [3.63, 3.8) is 0 Å². The maximum absolute atomic E-state index is 5.47. The molecule has 2 rings (SSSR count). The van der Waals surface area contributed by atoms with E-state index in [1.54, 1.807) is 7.11 Å². The van der Waals surface area contributed by atoms with Gasteiger partial charge in [0.2, 0.25) is 0 Å². The van der Waals surface area contributed by atoms with Crippen LogP contribution < -0.4 is 7.76 Å². The predicted octanol–water partition coefficient (Wildman–Crippen LogP) is 6.67. The van der Waals surface area contributed by atoms with Crippen molar-refractivity contribution in [2.24, 2.45) is 0 Å². The van der Waals surface area contributed by atoms with E-state index in [0.29, 0.717) is 3.43 Å². The molecule has 2 nitrogen and oxygen atoms in total. The van der Waals surface area contributed by atoms with E-state index >= 15 is 0 Å². The standard InChI is InChI=1S/C13H27.C9H8NOS.Sn/c1-4-7-10-13(11-8-5-2)12-9-6-3;1-6-3-7(11-2)4-8-9(6)10-5-12-8;/h4-12H2,1-3H3;3-4H,1-2H3;. The van der Waals surface area contributed by atoms with Gasteiger partial charge in [-0.05, 0) is 0 Å². The molecule has 0 aliphatic rings. The number of nitrogens with zero attached hydrogens (tertiary/aromatic N) is 1. The number of rotatable bonds is 12. The number of benzene rings is 1. The van der Waals surface area contributed by atoms with Crippen LogP contribution >= 0.6 is 11.3 Å². The number of thiazole rings is 1. The average Bonchev–Trinajstić information content (AvgIpc) is 3.05. The van der Waals surface area contributed by atoms with Gasteiger partial charge in [-0.1, -0.05) is 0 Å². The van der Waals surface area contributed by atoms with E-state index in [2.05, 4.69) is 39.8 Å². The van der Waals surface area contributed by atoms with E-state index < -0.39 is 21.1 Å². The Kier molecular flexibility index (Phi) is 9.22. The van der Waals surface area contributed by atoms with Gasteiger partial charge >= 0.3 is 175 Å². The number of ether oxygens (including phenoxy) is 1. The molecule has 0 N–H and O–H groups in total. The molecule has 0 amide bonds. The molecule has 1 aromatic heterocycles. The molecule has 144 valence electrons. The molecule has 0 bridgehead atoms. The number of methoxy groups -OCH3 is 1. The van der Waals surface area contributed by atoms with Crippen molar-refractivity contribution in [3.8, 4) is 5.75 Å². The third kappa shape index (κ3) is 5.85. The second-order valence-electron chi connectivity index (χ2n) is 7.53. The molecule has 0 spiro atoms. The normalized spacial score (nSPS) is 12.0. The first kappa shape index (κ1) is 22.0. The zero-order valence-corrected chi connectivity index (χ0v) is 21.0. The van der Waals surface area contributed by atoms with Crippen LogP contribution in [-0.2, 0) is 0 Å². The predicted molar refractivity (Wildman–Crippen MR) is 118 cm³/mol. The number of aromatic nitrogens is 1. The van der Waals surface area contributed by atoms with E-state index in [0.717, 1.165) is 5.75 Å². The summed E-state index contributed by atoms with van der Waals surface area (Å²) in [4.78, 5) is 5.14. The zero-order valence-electron chi connectivity index (χ0n) is 17.3. The van der Waals surface area contributed by atoms with Crippen LogP contribution in [0.25, 0.3) is 10.2 Å². The van der Waals surface area contributed by atoms with Crippen LogP contribution in [0, 0.1) is 6.92 Å². The monoisotopic (exact) mass is 481 g/mol. The third-order valence-corrected chi connectivity index (χ3v) is 12.3. The SMILES string of the molecule is CCCC[C](CCCC)(CCCC)[Sn][c]1nc2c(C)cc(OC)cc2s1. The van der Waals surface area contributed by atoms with Crippen LogP contribution in [-0.4, -0.2) is 33.2 Å². The summed E-state index contributed by atoms with van der Waals surface area (Å²) >= 11 is 1.22. The van der Waals surface area contributed by atoms with Gasteiger partial charge in [0.15, 0.2) is 0 Å². The maximum atomic E-state index is 5.47. The van der Waals surface area contributed by atoms with Crippen LogP contribution in [0.4, 0.5) is 0 Å². The topological polar surface area (TPSA) is 22.1 Å². The summed E-state index contributed by atoms with van der Waals surface area (Å²) in [5.41, 5.74) is 2.46. The number of unbranched alkanes of at least 4 members (excludes halogenated alkanes) is 3. The Balaban J connectivity index is 2.32. The summed E-state index contributed by atoms with van der Waals surface area (Å²) in [5.74, 6) is 0.963. The molecular formula is C22H35NOSSn. The van der Waals surface area contributed by atoms with Gasteiger partial charge in [0.25, 0.3) is 0 Å². The summed E-state index contributed by atoms with van der Waals surface area (Å²) in [6, 6.07) is 4.30. The van der Waals surface area contributed by atoms with Crippen molar-refractivity contribution in [1.82, 2.24) is 4.98 Å². The molecule has 0 aliphatic heterocycles. The minimum atomic E-state index is -0.737. The fourth-order valence-corrected chi connectivity index (χ4v) is 11.7.